The maximum atomic E-state index is 12.0. The van der Waals surface area contributed by atoms with Crippen molar-refractivity contribution in [1.82, 2.24) is 10.2 Å². The molecule has 1 amide bonds. The quantitative estimate of drug-likeness (QED) is 0.816. The summed E-state index contributed by atoms with van der Waals surface area (Å²) in [5, 5.41) is 11.7. The van der Waals surface area contributed by atoms with E-state index in [0.29, 0.717) is 31.7 Å². The zero-order valence-corrected chi connectivity index (χ0v) is 14.0. The lowest BCUT2D eigenvalue weighted by molar-refractivity contribution is -0.128. The van der Waals surface area contributed by atoms with Gasteiger partial charge in [0.2, 0.25) is 5.91 Å². The summed E-state index contributed by atoms with van der Waals surface area (Å²) < 4.78 is 5.72. The van der Waals surface area contributed by atoms with Crippen molar-refractivity contribution in [1.29, 1.82) is 5.26 Å². The summed E-state index contributed by atoms with van der Waals surface area (Å²) in [5.74, 6) is 0.981. The van der Waals surface area contributed by atoms with Gasteiger partial charge in [0, 0.05) is 25.0 Å². The standard InChI is InChI=1S/C19H25N3O2/c20-10-3-4-11-24-16-7-5-6-15(12-16)13-22-14-19(23)21-17-8-1-2-9-18(17)22/h5-7,12,17-18H,1-4,8-9,11,13-14H2,(H,21,23). The number of carbonyl (C=O) groups is 1. The minimum absolute atomic E-state index is 0.141. The van der Waals surface area contributed by atoms with E-state index in [9.17, 15) is 4.79 Å². The number of hydrogen-bond acceptors (Lipinski definition) is 4. The monoisotopic (exact) mass is 327 g/mol. The molecule has 0 radical (unpaired) electrons. The number of fused-ring (bicyclic) bond motifs is 1. The highest BCUT2D eigenvalue weighted by Gasteiger charge is 2.36. The highest BCUT2D eigenvalue weighted by molar-refractivity contribution is 5.79. The first-order valence-corrected chi connectivity index (χ1v) is 8.88. The molecule has 1 aromatic rings. The second-order valence-electron chi connectivity index (χ2n) is 6.69. The molecule has 5 heteroatoms. The zero-order chi connectivity index (χ0) is 16.8. The van der Waals surface area contributed by atoms with Crippen LogP contribution in [0.2, 0.25) is 0 Å². The van der Waals surface area contributed by atoms with Crippen molar-refractivity contribution in [2.45, 2.75) is 57.2 Å². The van der Waals surface area contributed by atoms with Crippen molar-refractivity contribution in [3.05, 3.63) is 29.8 Å². The van der Waals surface area contributed by atoms with Gasteiger partial charge in [0.15, 0.2) is 0 Å². The van der Waals surface area contributed by atoms with Crippen molar-refractivity contribution in [3.8, 4) is 11.8 Å². The van der Waals surface area contributed by atoms with Crippen molar-refractivity contribution in [2.75, 3.05) is 13.2 Å². The van der Waals surface area contributed by atoms with Crippen LogP contribution in [0.3, 0.4) is 0 Å². The van der Waals surface area contributed by atoms with Gasteiger partial charge in [-0.25, -0.2) is 0 Å². The van der Waals surface area contributed by atoms with Crippen molar-refractivity contribution >= 4 is 5.91 Å². The Bertz CT molecular complexity index is 611. The van der Waals surface area contributed by atoms with Gasteiger partial charge in [-0.3, -0.25) is 9.69 Å². The Kier molecular flexibility index (Phi) is 5.71. The largest absolute Gasteiger partial charge is 0.494 e. The van der Waals surface area contributed by atoms with Crippen LogP contribution in [0.15, 0.2) is 24.3 Å². The first kappa shape index (κ1) is 16.8. The summed E-state index contributed by atoms with van der Waals surface area (Å²) in [4.78, 5) is 14.3. The normalized spacial score (nSPS) is 23.9. The molecule has 1 aromatic carbocycles. The minimum atomic E-state index is 0.141. The molecule has 0 bridgehead atoms. The number of rotatable bonds is 6. The SMILES string of the molecule is N#CCCCOc1cccc(CN2CC(=O)NC3CCCCC32)c1. The molecule has 0 aromatic heterocycles. The van der Waals surface area contributed by atoms with Gasteiger partial charge in [-0.05, 0) is 37.0 Å². The molecule has 128 valence electrons. The fraction of sp³-hybridized carbons (Fsp3) is 0.579. The number of hydrogen-bond donors (Lipinski definition) is 1. The molecule has 2 atom stereocenters. The second-order valence-corrected chi connectivity index (χ2v) is 6.69. The summed E-state index contributed by atoms with van der Waals surface area (Å²) in [7, 11) is 0. The molecule has 1 N–H and O–H groups in total. The van der Waals surface area contributed by atoms with E-state index in [4.69, 9.17) is 10.00 Å². The number of nitrogens with zero attached hydrogens (tertiary/aromatic N) is 2. The molecule has 5 nitrogen and oxygen atoms in total. The maximum Gasteiger partial charge on any atom is 0.234 e. The molecule has 1 aliphatic carbocycles. The van der Waals surface area contributed by atoms with Gasteiger partial charge in [-0.1, -0.05) is 25.0 Å². The Morgan fingerprint density at radius 2 is 2.21 bits per heavy atom. The van der Waals surface area contributed by atoms with E-state index in [-0.39, 0.29) is 5.91 Å². The third-order valence-electron chi connectivity index (χ3n) is 4.88. The van der Waals surface area contributed by atoms with Gasteiger partial charge >= 0.3 is 0 Å². The Morgan fingerprint density at radius 1 is 1.33 bits per heavy atom. The van der Waals surface area contributed by atoms with Gasteiger partial charge < -0.3 is 10.1 Å². The van der Waals surface area contributed by atoms with Gasteiger partial charge in [-0.2, -0.15) is 5.26 Å². The number of nitriles is 1. The number of unbranched alkanes of at least 4 members (excludes halogenated alkanes) is 1. The third-order valence-corrected chi connectivity index (χ3v) is 4.88. The summed E-state index contributed by atoms with van der Waals surface area (Å²) in [6.45, 7) is 1.83. The number of ether oxygens (including phenoxy) is 1. The van der Waals surface area contributed by atoms with Crippen molar-refractivity contribution < 1.29 is 9.53 Å². The van der Waals surface area contributed by atoms with Gasteiger partial charge in [0.25, 0.3) is 0 Å². The van der Waals surface area contributed by atoms with Crippen LogP contribution in [0.4, 0.5) is 0 Å². The van der Waals surface area contributed by atoms with Gasteiger partial charge in [0.1, 0.15) is 5.75 Å². The average molecular weight is 327 g/mol. The Labute approximate surface area is 143 Å². The second kappa shape index (κ2) is 8.16. The zero-order valence-electron chi connectivity index (χ0n) is 14.0. The lowest BCUT2D eigenvalue weighted by Gasteiger charge is -2.44. The van der Waals surface area contributed by atoms with Gasteiger partial charge in [-0.15, -0.1) is 0 Å². The van der Waals surface area contributed by atoms with E-state index < -0.39 is 0 Å². The summed E-state index contributed by atoms with van der Waals surface area (Å²) in [6.07, 6.45) is 5.98. The minimum Gasteiger partial charge on any atom is -0.494 e. The molecule has 0 spiro atoms. The summed E-state index contributed by atoms with van der Waals surface area (Å²) in [6, 6.07) is 11.0. The van der Waals surface area contributed by atoms with Crippen molar-refractivity contribution in [2.24, 2.45) is 0 Å². The molecule has 3 rings (SSSR count). The van der Waals surface area contributed by atoms with Crippen LogP contribution in [-0.2, 0) is 11.3 Å². The third kappa shape index (κ3) is 4.27. The predicted octanol–water partition coefficient (Wildman–Crippen LogP) is 2.61. The molecule has 2 aliphatic rings. The molecule has 2 fully saturated rings. The smallest absolute Gasteiger partial charge is 0.234 e. The summed E-state index contributed by atoms with van der Waals surface area (Å²) >= 11 is 0. The molecule has 2 unspecified atom stereocenters. The Hall–Kier alpha value is -2.06. The van der Waals surface area contributed by atoms with Gasteiger partial charge in [0.05, 0.1) is 19.2 Å². The highest BCUT2D eigenvalue weighted by atomic mass is 16.5. The lowest BCUT2D eigenvalue weighted by atomic mass is 9.87. The average Bonchev–Trinajstić information content (AvgIpc) is 2.59. The van der Waals surface area contributed by atoms with Crippen LogP contribution in [-0.4, -0.2) is 36.0 Å². The molecule has 1 saturated heterocycles. The maximum absolute atomic E-state index is 12.0. The van der Waals surface area contributed by atoms with E-state index in [2.05, 4.69) is 28.4 Å². The Morgan fingerprint density at radius 3 is 3.08 bits per heavy atom. The number of nitrogens with one attached hydrogen (secondary N) is 1. The van der Waals surface area contributed by atoms with Crippen molar-refractivity contribution in [3.63, 3.8) is 0 Å². The number of amides is 1. The van der Waals surface area contributed by atoms with Crippen LogP contribution >= 0.6 is 0 Å². The van der Waals surface area contributed by atoms with Crippen LogP contribution < -0.4 is 10.1 Å². The highest BCUT2D eigenvalue weighted by Crippen LogP contribution is 2.27. The predicted molar refractivity (Wildman–Crippen MR) is 91.4 cm³/mol. The lowest BCUT2D eigenvalue weighted by Crippen LogP contribution is -2.61. The fourth-order valence-electron chi connectivity index (χ4n) is 3.75. The van der Waals surface area contributed by atoms with Crippen LogP contribution in [0.5, 0.6) is 5.75 Å². The molecular weight excluding hydrogens is 302 g/mol. The first-order chi connectivity index (χ1) is 11.8. The first-order valence-electron chi connectivity index (χ1n) is 8.88. The molecule has 1 heterocycles. The Balaban J connectivity index is 1.62. The topological polar surface area (TPSA) is 65.4 Å². The van der Waals surface area contributed by atoms with E-state index in [1.54, 1.807) is 0 Å². The molecule has 1 saturated carbocycles. The van der Waals surface area contributed by atoms with Crippen LogP contribution in [0, 0.1) is 11.3 Å². The number of carbonyl (C=O) groups excluding carboxylic acids is 1. The number of piperazine rings is 1. The van der Waals surface area contributed by atoms with E-state index in [0.717, 1.165) is 31.6 Å². The molecular formula is C19H25N3O2. The van der Waals surface area contributed by atoms with Crippen LogP contribution in [0.25, 0.3) is 0 Å². The van der Waals surface area contributed by atoms with E-state index in [1.165, 1.54) is 18.4 Å². The van der Waals surface area contributed by atoms with E-state index in [1.807, 2.05) is 12.1 Å². The van der Waals surface area contributed by atoms with E-state index >= 15 is 0 Å². The number of benzene rings is 1. The fourth-order valence-corrected chi connectivity index (χ4v) is 3.75. The summed E-state index contributed by atoms with van der Waals surface area (Å²) in [5.41, 5.74) is 1.17. The van der Waals surface area contributed by atoms with Crippen LogP contribution in [0.1, 0.15) is 44.1 Å². The molecule has 24 heavy (non-hydrogen) atoms. The molecule has 1 aliphatic heterocycles.